The largest absolute Gasteiger partial charge is 0.734 e. The highest BCUT2D eigenvalue weighted by molar-refractivity contribution is 5.99. The van der Waals surface area contributed by atoms with Crippen LogP contribution in [-0.4, -0.2) is 21.3 Å². The van der Waals surface area contributed by atoms with Gasteiger partial charge >= 0.3 is 0 Å². The van der Waals surface area contributed by atoms with Crippen LogP contribution in [0.15, 0.2) is 0 Å². The van der Waals surface area contributed by atoms with Crippen LogP contribution in [0.3, 0.4) is 0 Å². The number of rotatable bonds is 0. The van der Waals surface area contributed by atoms with Gasteiger partial charge in [0.2, 0.25) is 0 Å². The van der Waals surface area contributed by atoms with Gasteiger partial charge in [0.1, 0.15) is 0 Å². The lowest BCUT2D eigenvalue weighted by molar-refractivity contribution is 0.0726. The van der Waals surface area contributed by atoms with E-state index in [9.17, 15) is 0 Å². The van der Waals surface area contributed by atoms with Crippen LogP contribution in [0.25, 0.3) is 0 Å². The van der Waals surface area contributed by atoms with Crippen molar-refractivity contribution in [3.05, 3.63) is 0 Å². The van der Waals surface area contributed by atoms with Crippen molar-refractivity contribution in [1.29, 1.82) is 0 Å². The fraction of sp³-hybridized carbons (Fsp3) is 1.00. The molecule has 33 valence electrons. The van der Waals surface area contributed by atoms with E-state index in [4.69, 9.17) is 8.05 Å². The molecule has 1 nitrogen and oxygen atoms in total. The second-order valence-corrected chi connectivity index (χ2v) is 1.65. The summed E-state index contributed by atoms with van der Waals surface area (Å²) in [7, 11) is 5.28. The van der Waals surface area contributed by atoms with E-state index in [0.29, 0.717) is 0 Å². The first kappa shape index (κ1) is 4.19. The summed E-state index contributed by atoms with van der Waals surface area (Å²) < 4.78 is 2.52. The van der Waals surface area contributed by atoms with Crippen LogP contribution in [-0.2, 0) is 4.28 Å². The minimum absolute atomic E-state index is 1.01. The molecule has 0 aromatic rings. The summed E-state index contributed by atoms with van der Waals surface area (Å²) in [6, 6.07) is 0. The molecule has 0 bridgehead atoms. The molecule has 6 heavy (non-hydrogen) atoms. The molecule has 0 aromatic carbocycles. The molecular formula is C4H8BO. The first-order chi connectivity index (χ1) is 2.89. The molecule has 1 aliphatic rings. The van der Waals surface area contributed by atoms with Crippen LogP contribution in [0.5, 0.6) is 0 Å². The van der Waals surface area contributed by atoms with Crippen LogP contribution in [0, 0.1) is 0 Å². The van der Waals surface area contributed by atoms with Crippen molar-refractivity contribution in [2.75, 3.05) is 13.2 Å². The quantitative estimate of drug-likeness (QED) is 0.294. The Morgan fingerprint density at radius 3 is 1.83 bits per heavy atom. The average molecular weight is 82.9 g/mol. The van der Waals surface area contributed by atoms with E-state index in [1.165, 1.54) is 12.8 Å². The highest BCUT2D eigenvalue weighted by Gasteiger charge is 2.00. The number of hydrogen-bond acceptors (Lipinski definition) is 0. The van der Waals surface area contributed by atoms with Gasteiger partial charge in [-0.25, -0.2) is 0 Å². The smallest absolute Gasteiger partial charge is 0.0920 e. The van der Waals surface area contributed by atoms with Crippen LogP contribution in [0.1, 0.15) is 12.8 Å². The van der Waals surface area contributed by atoms with Crippen LogP contribution in [0.4, 0.5) is 0 Å². The van der Waals surface area contributed by atoms with Crippen molar-refractivity contribution in [2.45, 2.75) is 12.8 Å². The molecule has 0 spiro atoms. The molecule has 0 amide bonds. The van der Waals surface area contributed by atoms with Crippen molar-refractivity contribution in [3.8, 4) is 0 Å². The molecule has 0 N–H and O–H groups in total. The van der Waals surface area contributed by atoms with Gasteiger partial charge in [0.05, 0.1) is 13.2 Å². The Bertz CT molecular complexity index is 40.8. The lowest BCUT2D eigenvalue weighted by Crippen LogP contribution is -2.02. The monoisotopic (exact) mass is 83.1 g/mol. The highest BCUT2D eigenvalue weighted by atomic mass is 16.6. The minimum atomic E-state index is 1.01. The zero-order valence-electron chi connectivity index (χ0n) is 3.81. The third-order valence-corrected chi connectivity index (χ3v) is 1.06. The lowest BCUT2D eigenvalue weighted by Gasteiger charge is -2.21. The van der Waals surface area contributed by atoms with Gasteiger partial charge in [0, 0.05) is 12.8 Å². The molecule has 0 unspecified atom stereocenters. The van der Waals surface area contributed by atoms with E-state index in [2.05, 4.69) is 4.28 Å². The summed E-state index contributed by atoms with van der Waals surface area (Å²) in [5.74, 6) is 0. The Labute approximate surface area is 39.4 Å². The minimum Gasteiger partial charge on any atom is -0.734 e. The molecule has 2 heteroatoms. The van der Waals surface area contributed by atoms with E-state index in [1.807, 2.05) is 0 Å². The fourth-order valence-corrected chi connectivity index (χ4v) is 0.677. The molecule has 1 aliphatic heterocycles. The fourth-order valence-electron chi connectivity index (χ4n) is 0.677. The van der Waals surface area contributed by atoms with Gasteiger partial charge in [-0.2, -0.15) is 0 Å². The van der Waals surface area contributed by atoms with Gasteiger partial charge in [0.25, 0.3) is 0 Å². The molecule has 0 aliphatic carbocycles. The third-order valence-electron chi connectivity index (χ3n) is 1.06. The van der Waals surface area contributed by atoms with Gasteiger partial charge in [0.15, 0.2) is 0 Å². The van der Waals surface area contributed by atoms with Crippen LogP contribution >= 0.6 is 0 Å². The maximum absolute atomic E-state index is 5.28. The maximum Gasteiger partial charge on any atom is 0.0920 e. The maximum atomic E-state index is 5.28. The van der Waals surface area contributed by atoms with E-state index < -0.39 is 0 Å². The summed E-state index contributed by atoms with van der Waals surface area (Å²) in [6.45, 7) is 2.03. The molecule has 0 saturated carbocycles. The summed E-state index contributed by atoms with van der Waals surface area (Å²) in [5.41, 5.74) is 0. The standard InChI is InChI=1S/C4H8BO/c5-6-3-1-2-4-6/h1-4H2. The predicted octanol–water partition coefficient (Wildman–Crippen LogP) is 0.416. The van der Waals surface area contributed by atoms with Crippen LogP contribution in [0.2, 0.25) is 0 Å². The Morgan fingerprint density at radius 1 is 1.17 bits per heavy atom. The Kier molecular flexibility index (Phi) is 1.15. The lowest BCUT2D eigenvalue weighted by atomic mass is 10.4. The topological polar surface area (TPSA) is 2.70 Å². The Hall–Kier alpha value is 0.0249. The molecule has 1 fully saturated rings. The van der Waals surface area contributed by atoms with Crippen LogP contribution < -0.4 is 0 Å². The highest BCUT2D eigenvalue weighted by Crippen LogP contribution is 2.06. The number of hydrogen-bond donors (Lipinski definition) is 0. The molecule has 1 heterocycles. The van der Waals surface area contributed by atoms with Gasteiger partial charge < -0.3 is 4.28 Å². The summed E-state index contributed by atoms with van der Waals surface area (Å²) in [5, 5.41) is 0. The SMILES string of the molecule is [B-][O+]1CCCC1. The Morgan fingerprint density at radius 2 is 1.67 bits per heavy atom. The van der Waals surface area contributed by atoms with Crippen molar-refractivity contribution in [2.24, 2.45) is 0 Å². The Balaban J connectivity index is 2.18. The predicted molar refractivity (Wildman–Crippen MR) is 25.8 cm³/mol. The first-order valence-corrected chi connectivity index (χ1v) is 2.31. The summed E-state index contributed by atoms with van der Waals surface area (Å²) in [4.78, 5) is 0. The van der Waals surface area contributed by atoms with Gasteiger partial charge in [-0.1, -0.05) is 8.05 Å². The van der Waals surface area contributed by atoms with Gasteiger partial charge in [-0.05, 0) is 0 Å². The van der Waals surface area contributed by atoms with E-state index >= 15 is 0 Å². The first-order valence-electron chi connectivity index (χ1n) is 2.31. The van der Waals surface area contributed by atoms with Gasteiger partial charge in [-0.3, -0.25) is 0 Å². The third kappa shape index (κ3) is 0.746. The second kappa shape index (κ2) is 1.65. The zero-order valence-corrected chi connectivity index (χ0v) is 3.81. The molecule has 0 aromatic heterocycles. The average Bonchev–Trinajstić information content (AvgIpc) is 1.86. The summed E-state index contributed by atoms with van der Waals surface area (Å²) in [6.07, 6.45) is 2.50. The molecule has 3 radical (unpaired) electrons. The zero-order chi connectivity index (χ0) is 4.41. The molecule has 1 rings (SSSR count). The van der Waals surface area contributed by atoms with E-state index in [-0.39, 0.29) is 0 Å². The van der Waals surface area contributed by atoms with Crippen molar-refractivity contribution < 1.29 is 4.28 Å². The van der Waals surface area contributed by atoms with Gasteiger partial charge in [-0.15, -0.1) is 0 Å². The normalized spacial score (nSPS) is 25.5. The van der Waals surface area contributed by atoms with Crippen molar-refractivity contribution >= 4 is 8.05 Å². The molecular weight excluding hydrogens is 74.9 g/mol. The van der Waals surface area contributed by atoms with Crippen molar-refractivity contribution in [3.63, 3.8) is 0 Å². The van der Waals surface area contributed by atoms with Crippen molar-refractivity contribution in [1.82, 2.24) is 0 Å². The van der Waals surface area contributed by atoms with E-state index in [0.717, 1.165) is 13.2 Å². The second-order valence-electron chi connectivity index (χ2n) is 1.65. The molecule has 0 atom stereocenters. The summed E-state index contributed by atoms with van der Waals surface area (Å²) >= 11 is 0. The molecule has 1 saturated heterocycles. The van der Waals surface area contributed by atoms with E-state index in [1.54, 1.807) is 0 Å².